The van der Waals surface area contributed by atoms with Crippen molar-refractivity contribution < 1.29 is 9.53 Å². The van der Waals surface area contributed by atoms with E-state index < -0.39 is 8.32 Å². The molecule has 0 aromatic heterocycles. The van der Waals surface area contributed by atoms with Crippen LogP contribution in [0.1, 0.15) is 52.0 Å². The van der Waals surface area contributed by atoms with Crippen LogP contribution in [-0.2, 0) is 10.8 Å². The third-order valence-corrected chi connectivity index (χ3v) is 11.1. The van der Waals surface area contributed by atoms with Gasteiger partial charge in [-0.05, 0) is 52.4 Å². The van der Waals surface area contributed by atoms with Crippen molar-refractivity contribution in [3.8, 4) is 17.6 Å². The molecule has 0 saturated heterocycles. The summed E-state index contributed by atoms with van der Waals surface area (Å²) in [6, 6.07) is 29.0. The first-order chi connectivity index (χ1) is 15.9. The zero-order valence-corrected chi connectivity index (χ0v) is 21.2. The second kappa shape index (κ2) is 11.9. The Balaban J connectivity index is 1.59. The van der Waals surface area contributed by atoms with Crippen LogP contribution in [0.5, 0.6) is 5.75 Å². The topological polar surface area (TPSA) is 29.5 Å². The Labute approximate surface area is 200 Å². The second-order valence-electron chi connectivity index (χ2n) is 9.49. The van der Waals surface area contributed by atoms with Crippen LogP contribution >= 0.6 is 0 Å². The smallest absolute Gasteiger partial charge is 0.261 e. The molecule has 3 rings (SSSR count). The highest BCUT2D eigenvalue weighted by Gasteiger charge is 2.49. The first-order valence-electron chi connectivity index (χ1n) is 11.9. The Morgan fingerprint density at radius 3 is 1.94 bits per heavy atom. The normalized spacial score (nSPS) is 11.6. The average molecular weight is 457 g/mol. The Kier molecular flexibility index (Phi) is 8.94. The predicted octanol–water partition coefficient (Wildman–Crippen LogP) is 6.08. The Bertz CT molecular complexity index is 1000. The SMILES string of the molecule is CC(C)(C)[Si](OCCC#CCCCCc1cccc(O)c1)(c1ccccc1)c1ccccc1. The Morgan fingerprint density at radius 2 is 1.36 bits per heavy atom. The van der Waals surface area contributed by atoms with Gasteiger partial charge < -0.3 is 9.53 Å². The molecule has 0 amide bonds. The summed E-state index contributed by atoms with van der Waals surface area (Å²) in [7, 11) is -2.46. The minimum atomic E-state index is -2.46. The van der Waals surface area contributed by atoms with Crippen LogP contribution in [-0.4, -0.2) is 20.0 Å². The summed E-state index contributed by atoms with van der Waals surface area (Å²) in [6.07, 6.45) is 4.77. The molecule has 3 aromatic carbocycles. The number of aromatic hydroxyl groups is 1. The van der Waals surface area contributed by atoms with E-state index in [9.17, 15) is 5.11 Å². The molecule has 3 heteroatoms. The summed E-state index contributed by atoms with van der Waals surface area (Å²) in [6.45, 7) is 7.55. The van der Waals surface area contributed by atoms with Crippen molar-refractivity contribution in [2.45, 2.75) is 57.9 Å². The average Bonchev–Trinajstić information content (AvgIpc) is 2.81. The van der Waals surface area contributed by atoms with Crippen molar-refractivity contribution in [2.75, 3.05) is 6.61 Å². The fourth-order valence-electron chi connectivity index (χ4n) is 4.45. The molecule has 3 aromatic rings. The predicted molar refractivity (Wildman–Crippen MR) is 142 cm³/mol. The first kappa shape index (κ1) is 24.8. The van der Waals surface area contributed by atoms with Gasteiger partial charge in [-0.1, -0.05) is 93.6 Å². The van der Waals surface area contributed by atoms with Gasteiger partial charge in [0.2, 0.25) is 0 Å². The molecule has 1 N–H and O–H groups in total. The minimum absolute atomic E-state index is 0.00495. The van der Waals surface area contributed by atoms with Gasteiger partial charge in [0.05, 0.1) is 0 Å². The highest BCUT2D eigenvalue weighted by molar-refractivity contribution is 6.99. The van der Waals surface area contributed by atoms with Gasteiger partial charge in [0.15, 0.2) is 0 Å². The van der Waals surface area contributed by atoms with Gasteiger partial charge in [-0.3, -0.25) is 0 Å². The van der Waals surface area contributed by atoms with Gasteiger partial charge in [0.25, 0.3) is 8.32 Å². The molecule has 0 heterocycles. The molecule has 0 unspecified atom stereocenters. The maximum Gasteiger partial charge on any atom is 0.261 e. The fourth-order valence-corrected chi connectivity index (χ4v) is 9.01. The first-order valence-corrected chi connectivity index (χ1v) is 13.8. The number of unbranched alkanes of at least 4 members (excludes halogenated alkanes) is 2. The number of phenols is 1. The highest BCUT2D eigenvalue weighted by atomic mass is 28.4. The third kappa shape index (κ3) is 6.60. The standard InChI is InChI=1S/C30H36O2Si/c1-30(2,3)33(28-20-11-8-12-21-28,29-22-13-9-14-23-29)32-24-15-7-5-4-6-10-17-26-18-16-19-27(31)25-26/h8-9,11-14,16,18-23,25,31H,4,6,10,15,17,24H2,1-3H3. The maximum atomic E-state index is 9.56. The van der Waals surface area contributed by atoms with Gasteiger partial charge in [0.1, 0.15) is 5.75 Å². The van der Waals surface area contributed by atoms with Crippen LogP contribution < -0.4 is 10.4 Å². The molecular formula is C30H36O2Si. The molecule has 0 fully saturated rings. The van der Waals surface area contributed by atoms with Gasteiger partial charge in [-0.15, -0.1) is 11.8 Å². The molecule has 172 valence electrons. The van der Waals surface area contributed by atoms with E-state index in [-0.39, 0.29) is 5.04 Å². The monoisotopic (exact) mass is 456 g/mol. The van der Waals surface area contributed by atoms with E-state index in [2.05, 4.69) is 99.3 Å². The van der Waals surface area contributed by atoms with E-state index in [0.717, 1.165) is 32.1 Å². The molecule has 33 heavy (non-hydrogen) atoms. The summed E-state index contributed by atoms with van der Waals surface area (Å²) in [4.78, 5) is 0. The number of benzene rings is 3. The number of phenolic OH excluding ortho intramolecular Hbond substituents is 1. The van der Waals surface area contributed by atoms with Crippen molar-refractivity contribution in [3.63, 3.8) is 0 Å². The van der Waals surface area contributed by atoms with E-state index in [0.29, 0.717) is 12.4 Å². The Morgan fingerprint density at radius 1 is 0.758 bits per heavy atom. The van der Waals surface area contributed by atoms with Crippen molar-refractivity contribution in [2.24, 2.45) is 0 Å². The number of rotatable bonds is 9. The minimum Gasteiger partial charge on any atom is -0.508 e. The van der Waals surface area contributed by atoms with Crippen LogP contribution in [0.4, 0.5) is 0 Å². The van der Waals surface area contributed by atoms with E-state index >= 15 is 0 Å². The zero-order valence-electron chi connectivity index (χ0n) is 20.2. The molecule has 2 nitrogen and oxygen atoms in total. The van der Waals surface area contributed by atoms with Crippen LogP contribution in [0.25, 0.3) is 0 Å². The van der Waals surface area contributed by atoms with E-state index in [1.54, 1.807) is 6.07 Å². The summed E-state index contributed by atoms with van der Waals surface area (Å²) in [5, 5.41) is 12.2. The number of aryl methyl sites for hydroxylation is 1. The summed E-state index contributed by atoms with van der Waals surface area (Å²) < 4.78 is 6.88. The lowest BCUT2D eigenvalue weighted by atomic mass is 10.1. The molecule has 0 radical (unpaired) electrons. The van der Waals surface area contributed by atoms with E-state index in [4.69, 9.17) is 4.43 Å². The van der Waals surface area contributed by atoms with E-state index in [1.165, 1.54) is 15.9 Å². The molecule has 0 saturated carbocycles. The lowest BCUT2D eigenvalue weighted by Gasteiger charge is -2.43. The molecule has 0 bridgehead atoms. The Hall–Kier alpha value is -2.80. The molecule has 0 aliphatic carbocycles. The lowest BCUT2D eigenvalue weighted by molar-refractivity contribution is 0.306. The van der Waals surface area contributed by atoms with E-state index in [1.807, 2.05) is 12.1 Å². The largest absolute Gasteiger partial charge is 0.508 e. The maximum absolute atomic E-state index is 9.56. The lowest BCUT2D eigenvalue weighted by Crippen LogP contribution is -2.66. The third-order valence-electron chi connectivity index (χ3n) is 6.02. The van der Waals surface area contributed by atoms with Gasteiger partial charge in [-0.2, -0.15) is 0 Å². The number of hydrogen-bond donors (Lipinski definition) is 1. The van der Waals surface area contributed by atoms with Crippen molar-refractivity contribution in [1.29, 1.82) is 0 Å². The number of hydrogen-bond acceptors (Lipinski definition) is 2. The van der Waals surface area contributed by atoms with Crippen LogP contribution in [0.2, 0.25) is 5.04 Å². The van der Waals surface area contributed by atoms with Gasteiger partial charge in [0, 0.05) is 19.4 Å². The van der Waals surface area contributed by atoms with Crippen molar-refractivity contribution in [3.05, 3.63) is 90.5 Å². The molecular weight excluding hydrogens is 420 g/mol. The zero-order chi connectivity index (χ0) is 23.6. The molecule has 0 atom stereocenters. The van der Waals surface area contributed by atoms with Crippen LogP contribution in [0.3, 0.4) is 0 Å². The molecule has 0 aliphatic heterocycles. The second-order valence-corrected chi connectivity index (χ2v) is 13.8. The fraction of sp³-hybridized carbons (Fsp3) is 0.333. The molecule has 0 spiro atoms. The highest BCUT2D eigenvalue weighted by Crippen LogP contribution is 2.36. The molecule has 0 aliphatic rings. The summed E-state index contributed by atoms with van der Waals surface area (Å²) in [5.74, 6) is 6.99. The van der Waals surface area contributed by atoms with Gasteiger partial charge in [-0.25, -0.2) is 0 Å². The quantitative estimate of drug-likeness (QED) is 0.240. The summed E-state index contributed by atoms with van der Waals surface area (Å²) >= 11 is 0. The van der Waals surface area contributed by atoms with Crippen LogP contribution in [0, 0.1) is 11.8 Å². The van der Waals surface area contributed by atoms with Gasteiger partial charge >= 0.3 is 0 Å². The van der Waals surface area contributed by atoms with Crippen molar-refractivity contribution in [1.82, 2.24) is 0 Å². The van der Waals surface area contributed by atoms with Crippen LogP contribution in [0.15, 0.2) is 84.9 Å². The van der Waals surface area contributed by atoms with Crippen molar-refractivity contribution >= 4 is 18.7 Å². The summed E-state index contributed by atoms with van der Waals surface area (Å²) in [5.41, 5.74) is 1.18.